The summed E-state index contributed by atoms with van der Waals surface area (Å²) in [5, 5.41) is 1.34. The van der Waals surface area contributed by atoms with Crippen molar-refractivity contribution in [3.05, 3.63) is 70.3 Å². The van der Waals surface area contributed by atoms with Gasteiger partial charge in [0.2, 0.25) is 5.91 Å². The zero-order valence-corrected chi connectivity index (χ0v) is 20.6. The maximum absolute atomic E-state index is 14.2. The molecule has 2 aromatic rings. The van der Waals surface area contributed by atoms with E-state index in [2.05, 4.69) is 12.3 Å². The Morgan fingerprint density at radius 1 is 1.18 bits per heavy atom. The van der Waals surface area contributed by atoms with Crippen LogP contribution in [0, 0.1) is 18.6 Å². The van der Waals surface area contributed by atoms with Crippen LogP contribution in [0.25, 0.3) is 0 Å². The van der Waals surface area contributed by atoms with Crippen LogP contribution < -0.4 is 11.2 Å². The molecule has 1 amide bonds. The molecule has 0 aliphatic rings. The smallest absolute Gasteiger partial charge is 0.238 e. The number of carbonyl (C=O) groups is 1. The van der Waals surface area contributed by atoms with Crippen molar-refractivity contribution in [2.45, 2.75) is 66.1 Å². The zero-order valence-electron chi connectivity index (χ0n) is 19.8. The van der Waals surface area contributed by atoms with Crippen LogP contribution in [-0.4, -0.2) is 22.4 Å². The molecule has 182 valence electrons. The Hall–Kier alpha value is -2.45. The lowest BCUT2D eigenvalue weighted by atomic mass is 9.95. The molecular formula is C25H34F3N3OS. The summed E-state index contributed by atoms with van der Waals surface area (Å²) in [7, 11) is 0. The van der Waals surface area contributed by atoms with Crippen molar-refractivity contribution in [3.63, 3.8) is 0 Å². The number of nitrogens with one attached hydrogen (secondary N) is 1. The van der Waals surface area contributed by atoms with Crippen LogP contribution in [0.1, 0.15) is 74.8 Å². The fourth-order valence-electron chi connectivity index (χ4n) is 3.42. The van der Waals surface area contributed by atoms with E-state index in [1.165, 1.54) is 24.1 Å². The number of benzene rings is 2. The summed E-state index contributed by atoms with van der Waals surface area (Å²) in [6.45, 7) is 6.95. The van der Waals surface area contributed by atoms with Gasteiger partial charge in [-0.1, -0.05) is 63.5 Å². The molecule has 0 aromatic heterocycles. The summed E-state index contributed by atoms with van der Waals surface area (Å²) in [5.74, 6) is -1.24. The topological polar surface area (TPSA) is 58.4 Å². The first-order valence-corrected chi connectivity index (χ1v) is 11.5. The van der Waals surface area contributed by atoms with E-state index >= 15 is 0 Å². The van der Waals surface area contributed by atoms with E-state index in [9.17, 15) is 18.0 Å². The van der Waals surface area contributed by atoms with Gasteiger partial charge in [0.15, 0.2) is 0 Å². The second kappa shape index (κ2) is 14.6. The molecule has 2 aromatic carbocycles. The van der Waals surface area contributed by atoms with Crippen molar-refractivity contribution in [2.75, 3.05) is 6.54 Å². The predicted octanol–water partition coefficient (Wildman–Crippen LogP) is 6.06. The van der Waals surface area contributed by atoms with E-state index in [1.54, 1.807) is 19.1 Å². The number of halogens is 3. The summed E-state index contributed by atoms with van der Waals surface area (Å²) >= 11 is 5.38. The van der Waals surface area contributed by atoms with E-state index < -0.39 is 18.5 Å². The Labute approximate surface area is 200 Å². The van der Waals surface area contributed by atoms with E-state index in [0.717, 1.165) is 37.9 Å². The van der Waals surface area contributed by atoms with Gasteiger partial charge in [0.05, 0.1) is 6.04 Å². The van der Waals surface area contributed by atoms with Crippen molar-refractivity contribution in [1.29, 1.82) is 0 Å². The van der Waals surface area contributed by atoms with Crippen LogP contribution in [0.4, 0.5) is 13.2 Å². The van der Waals surface area contributed by atoms with E-state index in [0.29, 0.717) is 17.5 Å². The van der Waals surface area contributed by atoms with Gasteiger partial charge >= 0.3 is 0 Å². The molecule has 0 aliphatic heterocycles. The highest BCUT2D eigenvalue weighted by Gasteiger charge is 2.26. The van der Waals surface area contributed by atoms with Crippen molar-refractivity contribution >= 4 is 23.1 Å². The molecule has 0 radical (unpaired) electrons. The predicted molar refractivity (Wildman–Crippen MR) is 131 cm³/mol. The molecule has 0 saturated carbocycles. The molecule has 0 spiro atoms. The average Bonchev–Trinajstić information content (AvgIpc) is 2.78. The first-order valence-electron chi connectivity index (χ1n) is 11.1. The summed E-state index contributed by atoms with van der Waals surface area (Å²) in [5.41, 5.74) is 9.24. The van der Waals surface area contributed by atoms with Crippen LogP contribution in [0.3, 0.4) is 0 Å². The highest BCUT2D eigenvalue weighted by atomic mass is 32.1. The van der Waals surface area contributed by atoms with Gasteiger partial charge in [0.1, 0.15) is 23.3 Å². The maximum atomic E-state index is 14.2. The summed E-state index contributed by atoms with van der Waals surface area (Å²) in [6, 6.07) is 7.91. The summed E-state index contributed by atoms with van der Waals surface area (Å²) in [6.07, 6.45) is 3.36. The fraction of sp³-hybridized carbons (Fsp3) is 0.440. The van der Waals surface area contributed by atoms with Crippen LogP contribution in [0.15, 0.2) is 36.4 Å². The first kappa shape index (κ1) is 28.6. The minimum absolute atomic E-state index is 0.0342. The number of hydrazine groups is 1. The number of carbonyl (C=O) groups excluding carboxylic acids is 1. The number of alkyl halides is 1. The van der Waals surface area contributed by atoms with Crippen molar-refractivity contribution in [1.82, 2.24) is 10.4 Å². The molecule has 3 N–H and O–H groups in total. The lowest BCUT2D eigenvalue weighted by molar-refractivity contribution is -0.133. The van der Waals surface area contributed by atoms with Gasteiger partial charge in [0.25, 0.3) is 0 Å². The van der Waals surface area contributed by atoms with Gasteiger partial charge in [-0.25, -0.2) is 18.2 Å². The van der Waals surface area contributed by atoms with Gasteiger partial charge in [-0.3, -0.25) is 10.2 Å². The monoisotopic (exact) mass is 481 g/mol. The Morgan fingerprint density at radius 3 is 2.42 bits per heavy atom. The fourth-order valence-corrected chi connectivity index (χ4v) is 3.71. The van der Waals surface area contributed by atoms with Crippen molar-refractivity contribution < 1.29 is 18.0 Å². The summed E-state index contributed by atoms with van der Waals surface area (Å²) in [4.78, 5) is 12.6. The molecule has 0 bridgehead atoms. The number of nitrogens with two attached hydrogens (primary N) is 1. The lowest BCUT2D eigenvalue weighted by Gasteiger charge is -2.33. The van der Waals surface area contributed by atoms with Gasteiger partial charge in [0, 0.05) is 12.5 Å². The number of rotatable bonds is 8. The number of hydrogen-bond acceptors (Lipinski definition) is 3. The van der Waals surface area contributed by atoms with E-state index in [4.69, 9.17) is 18.0 Å². The second-order valence-corrected chi connectivity index (χ2v) is 8.05. The third-order valence-electron chi connectivity index (χ3n) is 5.08. The average molecular weight is 482 g/mol. The number of hydrogen-bond donors (Lipinski definition) is 2. The van der Waals surface area contributed by atoms with E-state index in [-0.39, 0.29) is 27.8 Å². The van der Waals surface area contributed by atoms with Gasteiger partial charge in [-0.15, -0.1) is 0 Å². The Morgan fingerprint density at radius 2 is 1.85 bits per heavy atom. The Balaban J connectivity index is 0.00000172. The third kappa shape index (κ3) is 8.44. The highest BCUT2D eigenvalue weighted by Crippen LogP contribution is 2.30. The molecule has 1 unspecified atom stereocenters. The summed E-state index contributed by atoms with van der Waals surface area (Å²) < 4.78 is 41.3. The molecule has 33 heavy (non-hydrogen) atoms. The largest absolute Gasteiger partial charge is 0.331 e. The zero-order chi connectivity index (χ0) is 25.0. The molecular weight excluding hydrogens is 447 g/mol. The third-order valence-corrected chi connectivity index (χ3v) is 5.39. The highest BCUT2D eigenvalue weighted by molar-refractivity contribution is 7.80. The standard InChI is InChI=1S/C23H27F3N2OS.C2H7N/c1-4-5-6-10-22(19-8-7-9-21(26)15(19)2)28(16(3)29)27-23(30)20-13-18(25)12-11-17(20)14-24;1-2-3/h7-9,11-13,22H,4-6,10,14H2,1-3H3,(H,27,30);2-3H2,1H3. The van der Waals surface area contributed by atoms with E-state index in [1.807, 2.05) is 6.92 Å². The number of nitrogens with zero attached hydrogens (tertiary/aromatic N) is 1. The lowest BCUT2D eigenvalue weighted by Crippen LogP contribution is -2.47. The minimum Gasteiger partial charge on any atom is -0.331 e. The Kier molecular flexibility index (Phi) is 12.7. The molecule has 0 fully saturated rings. The first-order chi connectivity index (χ1) is 15.7. The molecule has 4 nitrogen and oxygen atoms in total. The maximum Gasteiger partial charge on any atom is 0.238 e. The Bertz CT molecular complexity index is 924. The number of unbranched alkanes of at least 4 members (excludes halogenated alkanes) is 2. The molecule has 0 heterocycles. The molecule has 8 heteroatoms. The van der Waals surface area contributed by atoms with Crippen LogP contribution in [0.2, 0.25) is 0 Å². The molecule has 0 aliphatic carbocycles. The van der Waals surface area contributed by atoms with Crippen LogP contribution in [0.5, 0.6) is 0 Å². The number of thiocarbonyl (C=S) groups is 1. The van der Waals surface area contributed by atoms with Crippen LogP contribution in [-0.2, 0) is 11.5 Å². The molecule has 1 atom stereocenters. The van der Waals surface area contributed by atoms with Crippen molar-refractivity contribution in [3.8, 4) is 0 Å². The molecule has 0 saturated heterocycles. The van der Waals surface area contributed by atoms with Gasteiger partial charge in [-0.2, -0.15) is 0 Å². The minimum atomic E-state index is -0.819. The van der Waals surface area contributed by atoms with Gasteiger partial charge < -0.3 is 5.73 Å². The van der Waals surface area contributed by atoms with Crippen LogP contribution >= 0.6 is 12.2 Å². The van der Waals surface area contributed by atoms with Gasteiger partial charge in [-0.05, 0) is 54.8 Å². The molecule has 2 rings (SSSR count). The quantitative estimate of drug-likeness (QED) is 0.273. The number of amides is 1. The van der Waals surface area contributed by atoms with Crippen molar-refractivity contribution in [2.24, 2.45) is 5.73 Å². The normalized spacial score (nSPS) is 11.3. The second-order valence-electron chi connectivity index (χ2n) is 7.64. The SMILES string of the molecule is CCCCCC(c1cccc(F)c1C)N(NC(=S)c1cc(F)ccc1CF)C(C)=O.CCN.